The number of hydrogen-bond acceptors (Lipinski definition) is 8. The summed E-state index contributed by atoms with van der Waals surface area (Å²) in [5.74, 6) is 0.904. The molecule has 0 amide bonds. The van der Waals surface area contributed by atoms with E-state index in [4.69, 9.17) is 31.4 Å². The van der Waals surface area contributed by atoms with Crippen molar-refractivity contribution in [1.82, 2.24) is 4.90 Å². The maximum Gasteiger partial charge on any atom is 0.394 e. The fourth-order valence-corrected chi connectivity index (χ4v) is 6.41. The molecule has 48 heavy (non-hydrogen) atoms. The van der Waals surface area contributed by atoms with Gasteiger partial charge in [-0.15, -0.1) is 0 Å². The minimum absolute atomic E-state index is 0.0465. The molecule has 0 aliphatic carbocycles. The third-order valence-corrected chi connectivity index (χ3v) is 8.69. The number of phenols is 1. The summed E-state index contributed by atoms with van der Waals surface area (Å²) in [7, 11) is -0.856. The number of benzene rings is 3. The first-order valence-electron chi connectivity index (χ1n) is 15.9. The summed E-state index contributed by atoms with van der Waals surface area (Å²) in [4.78, 5) is 14.6. The highest BCUT2D eigenvalue weighted by Gasteiger charge is 2.39. The van der Waals surface area contributed by atoms with Crippen molar-refractivity contribution in [2.24, 2.45) is 0 Å². The van der Waals surface area contributed by atoms with Crippen molar-refractivity contribution >= 4 is 21.4 Å². The van der Waals surface area contributed by atoms with E-state index in [9.17, 15) is 9.90 Å². The maximum atomic E-state index is 12.0. The number of methoxy groups -OCH3 is 1. The summed E-state index contributed by atoms with van der Waals surface area (Å²) < 4.78 is 49.2. The number of aromatic hydroxyl groups is 1. The molecular formula is C37H45NO9S. The van der Waals surface area contributed by atoms with E-state index in [0.29, 0.717) is 41.7 Å². The molecule has 2 bridgehead atoms. The Balaban J connectivity index is 0.000000192. The van der Waals surface area contributed by atoms with Gasteiger partial charge in [0.05, 0.1) is 13.2 Å². The quantitative estimate of drug-likeness (QED) is 0.137. The van der Waals surface area contributed by atoms with Gasteiger partial charge in [0.25, 0.3) is 0 Å². The van der Waals surface area contributed by atoms with E-state index in [1.165, 1.54) is 56.1 Å². The highest BCUT2D eigenvalue weighted by molar-refractivity contribution is 7.79. The summed E-state index contributed by atoms with van der Waals surface area (Å²) >= 11 is 0. The van der Waals surface area contributed by atoms with Crippen LogP contribution in [0.3, 0.4) is 0 Å². The molecule has 2 fully saturated rings. The van der Waals surface area contributed by atoms with E-state index < -0.39 is 10.4 Å². The molecule has 1 aromatic heterocycles. The number of fused-ring (bicyclic) bond motifs is 3. The Kier molecular flexibility index (Phi) is 12.6. The molecule has 3 aromatic carbocycles. The van der Waals surface area contributed by atoms with E-state index in [-0.39, 0.29) is 22.7 Å². The molecule has 0 saturated carbocycles. The Morgan fingerprint density at radius 2 is 1.50 bits per heavy atom. The summed E-state index contributed by atoms with van der Waals surface area (Å²) in [6.45, 7) is 5.70. The van der Waals surface area contributed by atoms with Crippen LogP contribution in [0.1, 0.15) is 68.1 Å². The van der Waals surface area contributed by atoms with Crippen LogP contribution in [0, 0.1) is 6.92 Å². The van der Waals surface area contributed by atoms with E-state index >= 15 is 0 Å². The highest BCUT2D eigenvalue weighted by Crippen LogP contribution is 2.39. The first-order chi connectivity index (χ1) is 22.7. The minimum Gasteiger partial charge on any atom is -0.507 e. The van der Waals surface area contributed by atoms with E-state index in [1.54, 1.807) is 6.92 Å². The van der Waals surface area contributed by atoms with E-state index in [1.807, 2.05) is 19.9 Å². The average Bonchev–Trinajstić information content (AvgIpc) is 3.22. The van der Waals surface area contributed by atoms with Crippen molar-refractivity contribution in [2.45, 2.75) is 77.2 Å². The van der Waals surface area contributed by atoms with Gasteiger partial charge in [0.2, 0.25) is 0 Å². The van der Waals surface area contributed by atoms with Crippen molar-refractivity contribution in [3.8, 4) is 11.5 Å². The number of ether oxygens (including phenoxy) is 2. The van der Waals surface area contributed by atoms with Crippen molar-refractivity contribution in [1.29, 1.82) is 0 Å². The van der Waals surface area contributed by atoms with Crippen molar-refractivity contribution in [3.63, 3.8) is 0 Å². The number of rotatable bonds is 7. The molecule has 2 atom stereocenters. The lowest BCUT2D eigenvalue weighted by molar-refractivity contribution is -0.0426. The average molecular weight is 680 g/mol. The Labute approximate surface area is 282 Å². The molecule has 0 spiro atoms. The van der Waals surface area contributed by atoms with Gasteiger partial charge in [-0.3, -0.25) is 13.9 Å². The Hall–Kier alpha value is -4.00. The van der Waals surface area contributed by atoms with Gasteiger partial charge in [0.15, 0.2) is 5.43 Å². The molecule has 2 aliphatic rings. The predicted molar refractivity (Wildman–Crippen MR) is 186 cm³/mol. The molecule has 2 unspecified atom stereocenters. The smallest absolute Gasteiger partial charge is 0.394 e. The van der Waals surface area contributed by atoms with Crippen LogP contribution in [-0.2, 0) is 21.6 Å². The second-order valence-corrected chi connectivity index (χ2v) is 13.3. The Morgan fingerprint density at radius 1 is 0.979 bits per heavy atom. The van der Waals surface area contributed by atoms with Gasteiger partial charge in [-0.25, -0.2) is 0 Å². The topological polar surface area (TPSA) is 147 Å². The summed E-state index contributed by atoms with van der Waals surface area (Å²) in [6, 6.07) is 25.5. The largest absolute Gasteiger partial charge is 0.507 e. The molecule has 10 nitrogen and oxygen atoms in total. The summed E-state index contributed by atoms with van der Waals surface area (Å²) in [5.41, 5.74) is 4.58. The van der Waals surface area contributed by atoms with Gasteiger partial charge in [-0.2, -0.15) is 8.42 Å². The number of allylic oxidation sites excluding steroid dienone is 2. The normalized spacial score (nSPS) is 18.8. The van der Waals surface area contributed by atoms with Gasteiger partial charge >= 0.3 is 10.4 Å². The molecule has 2 saturated heterocycles. The maximum absolute atomic E-state index is 12.0. The summed E-state index contributed by atoms with van der Waals surface area (Å²) in [5, 5.41) is 10.2. The van der Waals surface area contributed by atoms with Crippen molar-refractivity contribution < 1.29 is 36.5 Å². The summed E-state index contributed by atoms with van der Waals surface area (Å²) in [6.07, 6.45) is 8.03. The van der Waals surface area contributed by atoms with Gasteiger partial charge in [0.1, 0.15) is 34.3 Å². The van der Waals surface area contributed by atoms with Crippen LogP contribution in [-0.4, -0.2) is 59.9 Å². The minimum atomic E-state index is -4.67. The zero-order chi connectivity index (χ0) is 35.0. The monoisotopic (exact) mass is 679 g/mol. The van der Waals surface area contributed by atoms with Gasteiger partial charge in [-0.05, 0) is 71.0 Å². The van der Waals surface area contributed by atoms with Crippen LogP contribution < -0.4 is 10.2 Å². The number of piperidine rings is 1. The van der Waals surface area contributed by atoms with Crippen LogP contribution in [0.15, 0.2) is 93.7 Å². The molecule has 4 aromatic rings. The standard InChI is InChI=1S/C21H25NO.C16H18O4.H2O4S/c1-22-18-12-13-19(22)15-20(14-18)23-21(16-8-4-2-5-9-16)17-10-6-3-7-11-17;1-9(2)5-6-11-14(19-4)8-13(18)15-12(17)7-10(3)20-16(11)15;1-5(2,3)4/h2-11,18-21H,12-15H2,1H3;5,7-8,18H,6H2,1-4H3;(H2,1,2,3,4). The van der Waals surface area contributed by atoms with E-state index in [2.05, 4.69) is 72.6 Å². The molecule has 3 N–H and O–H groups in total. The number of nitrogens with zero attached hydrogens (tertiary/aromatic N) is 1. The highest BCUT2D eigenvalue weighted by atomic mass is 32.3. The fraction of sp³-hybridized carbons (Fsp3) is 0.378. The second kappa shape index (κ2) is 16.4. The predicted octanol–water partition coefficient (Wildman–Crippen LogP) is 7.09. The number of phenolic OH excluding ortho intramolecular Hbond substituents is 1. The van der Waals surface area contributed by atoms with Gasteiger partial charge in [-0.1, -0.05) is 72.3 Å². The lowest BCUT2D eigenvalue weighted by atomic mass is 9.97. The van der Waals surface area contributed by atoms with E-state index in [0.717, 1.165) is 11.1 Å². The lowest BCUT2D eigenvalue weighted by Gasteiger charge is -2.38. The fourth-order valence-electron chi connectivity index (χ4n) is 6.41. The third-order valence-electron chi connectivity index (χ3n) is 8.69. The zero-order valence-electron chi connectivity index (χ0n) is 28.0. The van der Waals surface area contributed by atoms with Gasteiger partial charge in [0, 0.05) is 29.8 Å². The Morgan fingerprint density at radius 3 is 1.98 bits per heavy atom. The van der Waals surface area contributed by atoms with Crippen LogP contribution in [0.2, 0.25) is 0 Å². The van der Waals surface area contributed by atoms with Crippen LogP contribution in [0.5, 0.6) is 11.5 Å². The molecule has 6 rings (SSSR count). The number of aryl methyl sites for hydroxylation is 1. The van der Waals surface area contributed by atoms with Crippen LogP contribution in [0.25, 0.3) is 11.0 Å². The lowest BCUT2D eigenvalue weighted by Crippen LogP contribution is -2.43. The number of hydrogen-bond donors (Lipinski definition) is 3. The first-order valence-corrected chi connectivity index (χ1v) is 17.3. The van der Waals surface area contributed by atoms with Crippen molar-refractivity contribution in [2.75, 3.05) is 14.2 Å². The zero-order valence-corrected chi connectivity index (χ0v) is 28.8. The SMILES string of the molecule is CN1C2CCC1CC(OC(c1ccccc1)c1ccccc1)C2.COc1cc(O)c2c(=O)cc(C)oc2c1CC=C(C)C.O=S(=O)(O)O. The molecule has 3 heterocycles. The molecule has 11 heteroatoms. The van der Waals surface area contributed by atoms with Gasteiger partial charge < -0.3 is 23.9 Å². The Bertz CT molecular complexity index is 1790. The second-order valence-electron chi connectivity index (χ2n) is 12.4. The van der Waals surface area contributed by atoms with Crippen molar-refractivity contribution in [3.05, 3.63) is 117 Å². The molecule has 2 aliphatic heterocycles. The third kappa shape index (κ3) is 10.0. The van der Waals surface area contributed by atoms with Crippen LogP contribution >= 0.6 is 0 Å². The first kappa shape index (κ1) is 36.8. The molecule has 0 radical (unpaired) electrons. The van der Waals surface area contributed by atoms with Crippen LogP contribution in [0.4, 0.5) is 0 Å². The molecular weight excluding hydrogens is 634 g/mol. The molecule has 258 valence electrons.